The van der Waals surface area contributed by atoms with E-state index in [2.05, 4.69) is 17.2 Å². The van der Waals surface area contributed by atoms with E-state index in [-0.39, 0.29) is 11.9 Å². The third-order valence-corrected chi connectivity index (χ3v) is 4.01. The highest BCUT2D eigenvalue weighted by molar-refractivity contribution is 5.48. The minimum absolute atomic E-state index is 0.0630. The minimum atomic E-state index is -4.36. The third-order valence-electron chi connectivity index (χ3n) is 4.01. The minimum Gasteiger partial charge on any atom is -0.356 e. The van der Waals surface area contributed by atoms with Gasteiger partial charge in [0.2, 0.25) is 0 Å². The molecule has 0 aromatic carbocycles. The van der Waals surface area contributed by atoms with Gasteiger partial charge in [0, 0.05) is 25.3 Å². The van der Waals surface area contributed by atoms with Gasteiger partial charge in [-0.15, -0.1) is 0 Å². The molecule has 0 saturated carbocycles. The normalized spacial score (nSPS) is 21.9. The van der Waals surface area contributed by atoms with E-state index in [1.165, 1.54) is 12.3 Å². The van der Waals surface area contributed by atoms with Crippen LogP contribution in [0.1, 0.15) is 25.3 Å². The largest absolute Gasteiger partial charge is 0.419 e. The Hall–Kier alpha value is -1.30. The van der Waals surface area contributed by atoms with Crippen LogP contribution in [-0.2, 0) is 6.18 Å². The zero-order valence-corrected chi connectivity index (χ0v) is 11.7. The van der Waals surface area contributed by atoms with Gasteiger partial charge < -0.3 is 10.2 Å². The van der Waals surface area contributed by atoms with Crippen molar-refractivity contribution in [3.05, 3.63) is 23.9 Å². The van der Waals surface area contributed by atoms with Crippen LogP contribution in [0.3, 0.4) is 0 Å². The SMILES string of the molecule is CNC(C)C1CCCN(c2ncccc2C(F)(F)F)C1. The van der Waals surface area contributed by atoms with E-state index < -0.39 is 11.7 Å². The first-order valence-electron chi connectivity index (χ1n) is 6.88. The summed E-state index contributed by atoms with van der Waals surface area (Å²) in [6.07, 6.45) is -1.00. The number of hydrogen-bond donors (Lipinski definition) is 1. The highest BCUT2D eigenvalue weighted by Crippen LogP contribution is 2.36. The van der Waals surface area contributed by atoms with Gasteiger partial charge in [0.1, 0.15) is 5.82 Å². The summed E-state index contributed by atoms with van der Waals surface area (Å²) in [5.41, 5.74) is -0.641. The van der Waals surface area contributed by atoms with Crippen molar-refractivity contribution in [2.45, 2.75) is 32.0 Å². The van der Waals surface area contributed by atoms with Crippen LogP contribution >= 0.6 is 0 Å². The second-order valence-electron chi connectivity index (χ2n) is 5.30. The fraction of sp³-hybridized carbons (Fsp3) is 0.643. The molecule has 1 N–H and O–H groups in total. The summed E-state index contributed by atoms with van der Waals surface area (Å²) in [6, 6.07) is 2.73. The van der Waals surface area contributed by atoms with Crippen molar-refractivity contribution in [1.82, 2.24) is 10.3 Å². The Morgan fingerprint density at radius 3 is 2.85 bits per heavy atom. The predicted octanol–water partition coefficient (Wildman–Crippen LogP) is 2.92. The molecule has 0 bridgehead atoms. The van der Waals surface area contributed by atoms with E-state index in [0.717, 1.165) is 18.9 Å². The first kappa shape index (κ1) is 15.1. The van der Waals surface area contributed by atoms with Crippen LogP contribution in [0.25, 0.3) is 0 Å². The van der Waals surface area contributed by atoms with E-state index in [1.807, 2.05) is 7.05 Å². The maximum atomic E-state index is 13.0. The lowest BCUT2D eigenvalue weighted by molar-refractivity contribution is -0.137. The smallest absolute Gasteiger partial charge is 0.356 e. The lowest BCUT2D eigenvalue weighted by atomic mass is 9.91. The Kier molecular flexibility index (Phi) is 4.52. The fourth-order valence-electron chi connectivity index (χ4n) is 2.72. The van der Waals surface area contributed by atoms with Gasteiger partial charge in [0.25, 0.3) is 0 Å². The number of pyridine rings is 1. The third kappa shape index (κ3) is 3.23. The summed E-state index contributed by atoms with van der Waals surface area (Å²) in [5.74, 6) is 0.407. The summed E-state index contributed by atoms with van der Waals surface area (Å²) in [5, 5.41) is 3.18. The van der Waals surface area contributed by atoms with Gasteiger partial charge in [-0.1, -0.05) is 0 Å². The summed E-state index contributed by atoms with van der Waals surface area (Å²) in [4.78, 5) is 5.74. The second-order valence-corrected chi connectivity index (χ2v) is 5.30. The van der Waals surface area contributed by atoms with Crippen molar-refractivity contribution >= 4 is 5.82 Å². The Labute approximate surface area is 117 Å². The topological polar surface area (TPSA) is 28.2 Å². The molecule has 1 aliphatic heterocycles. The van der Waals surface area contributed by atoms with Crippen LogP contribution < -0.4 is 10.2 Å². The van der Waals surface area contributed by atoms with Crippen molar-refractivity contribution < 1.29 is 13.2 Å². The second kappa shape index (κ2) is 5.99. The fourth-order valence-corrected chi connectivity index (χ4v) is 2.72. The van der Waals surface area contributed by atoms with E-state index in [0.29, 0.717) is 19.0 Å². The van der Waals surface area contributed by atoms with Crippen molar-refractivity contribution in [2.75, 3.05) is 25.0 Å². The molecule has 1 aromatic heterocycles. The average Bonchev–Trinajstić information content (AvgIpc) is 2.45. The van der Waals surface area contributed by atoms with Gasteiger partial charge >= 0.3 is 6.18 Å². The number of rotatable bonds is 3. The molecule has 0 spiro atoms. The zero-order chi connectivity index (χ0) is 14.8. The molecule has 112 valence electrons. The van der Waals surface area contributed by atoms with Crippen LogP contribution in [-0.4, -0.2) is 31.2 Å². The number of alkyl halides is 3. The molecule has 2 unspecified atom stereocenters. The Morgan fingerprint density at radius 2 is 2.20 bits per heavy atom. The van der Waals surface area contributed by atoms with Gasteiger partial charge in [-0.2, -0.15) is 13.2 Å². The van der Waals surface area contributed by atoms with E-state index in [4.69, 9.17) is 0 Å². The number of anilines is 1. The van der Waals surface area contributed by atoms with Crippen LogP contribution in [0.2, 0.25) is 0 Å². The summed E-state index contributed by atoms with van der Waals surface area (Å²) < 4.78 is 39.1. The van der Waals surface area contributed by atoms with E-state index in [9.17, 15) is 13.2 Å². The molecule has 6 heteroatoms. The van der Waals surface area contributed by atoms with Gasteiger partial charge in [-0.25, -0.2) is 4.98 Å². The zero-order valence-electron chi connectivity index (χ0n) is 11.7. The molecule has 2 rings (SSSR count). The van der Waals surface area contributed by atoms with Crippen LogP contribution in [0.5, 0.6) is 0 Å². The number of halogens is 3. The monoisotopic (exact) mass is 287 g/mol. The average molecular weight is 287 g/mol. The van der Waals surface area contributed by atoms with Crippen molar-refractivity contribution in [2.24, 2.45) is 5.92 Å². The summed E-state index contributed by atoms with van der Waals surface area (Å²) in [7, 11) is 1.88. The molecule has 2 heterocycles. The first-order valence-corrected chi connectivity index (χ1v) is 6.88. The number of piperidine rings is 1. The molecule has 3 nitrogen and oxygen atoms in total. The van der Waals surface area contributed by atoms with Crippen LogP contribution in [0.4, 0.5) is 19.0 Å². The lowest BCUT2D eigenvalue weighted by Crippen LogP contribution is -2.44. The molecular formula is C14H20F3N3. The van der Waals surface area contributed by atoms with Gasteiger partial charge in [0.15, 0.2) is 0 Å². The van der Waals surface area contributed by atoms with Gasteiger partial charge in [0.05, 0.1) is 5.56 Å². The van der Waals surface area contributed by atoms with Gasteiger partial charge in [-0.3, -0.25) is 0 Å². The molecule has 20 heavy (non-hydrogen) atoms. The number of nitrogens with one attached hydrogen (secondary N) is 1. The highest BCUT2D eigenvalue weighted by Gasteiger charge is 2.36. The molecule has 1 saturated heterocycles. The lowest BCUT2D eigenvalue weighted by Gasteiger charge is -2.37. The van der Waals surface area contributed by atoms with Crippen molar-refractivity contribution in [3.63, 3.8) is 0 Å². The van der Waals surface area contributed by atoms with Crippen molar-refractivity contribution in [3.8, 4) is 0 Å². The summed E-state index contributed by atoms with van der Waals surface area (Å²) in [6.45, 7) is 3.31. The number of aromatic nitrogens is 1. The maximum Gasteiger partial charge on any atom is 0.419 e. The number of hydrogen-bond acceptors (Lipinski definition) is 3. The molecule has 1 aromatic rings. The highest BCUT2D eigenvalue weighted by atomic mass is 19.4. The molecule has 0 amide bonds. The molecular weight excluding hydrogens is 267 g/mol. The molecule has 1 fully saturated rings. The molecule has 1 aliphatic rings. The summed E-state index contributed by atoms with van der Waals surface area (Å²) >= 11 is 0. The van der Waals surface area contributed by atoms with Crippen LogP contribution in [0, 0.1) is 5.92 Å². The first-order chi connectivity index (χ1) is 9.43. The standard InChI is InChI=1S/C14H20F3N3/c1-10(18-2)11-5-4-8-20(9-11)13-12(14(15,16)17)6-3-7-19-13/h3,6-7,10-11,18H,4-5,8-9H2,1-2H3. The van der Waals surface area contributed by atoms with Crippen LogP contribution in [0.15, 0.2) is 18.3 Å². The molecule has 2 atom stereocenters. The quantitative estimate of drug-likeness (QED) is 0.926. The Morgan fingerprint density at radius 1 is 1.45 bits per heavy atom. The Bertz CT molecular complexity index is 448. The predicted molar refractivity (Wildman–Crippen MR) is 72.7 cm³/mol. The molecule has 0 aliphatic carbocycles. The van der Waals surface area contributed by atoms with Gasteiger partial charge in [-0.05, 0) is 44.9 Å². The van der Waals surface area contributed by atoms with E-state index in [1.54, 1.807) is 4.90 Å². The maximum absolute atomic E-state index is 13.0. The number of nitrogens with zero attached hydrogens (tertiary/aromatic N) is 2. The Balaban J connectivity index is 2.23. The molecule has 0 radical (unpaired) electrons. The van der Waals surface area contributed by atoms with E-state index >= 15 is 0 Å². The van der Waals surface area contributed by atoms with Crippen molar-refractivity contribution in [1.29, 1.82) is 0 Å².